The Bertz CT molecular complexity index is 922. The second-order valence-electron chi connectivity index (χ2n) is 6.78. The largest absolute Gasteiger partial charge is 0.457 e. The molecule has 0 bridgehead atoms. The highest BCUT2D eigenvalue weighted by molar-refractivity contribution is 5.72. The van der Waals surface area contributed by atoms with Gasteiger partial charge in [0.2, 0.25) is 6.79 Å². The summed E-state index contributed by atoms with van der Waals surface area (Å²) in [6.45, 7) is 0.223. The number of rotatable bonds is 7. The van der Waals surface area contributed by atoms with E-state index in [9.17, 15) is 4.79 Å². The molecule has 0 fully saturated rings. The minimum Gasteiger partial charge on any atom is -0.457 e. The molecule has 0 N–H and O–H groups in total. The average Bonchev–Trinajstić information content (AvgIpc) is 3.20. The Hall–Kier alpha value is -3.27. The van der Waals surface area contributed by atoms with E-state index in [1.165, 1.54) is 5.56 Å². The van der Waals surface area contributed by atoms with Gasteiger partial charge in [0.25, 0.3) is 0 Å². The van der Waals surface area contributed by atoms with Crippen LogP contribution in [0.3, 0.4) is 0 Å². The van der Waals surface area contributed by atoms with E-state index in [-0.39, 0.29) is 25.3 Å². The molecule has 1 unspecified atom stereocenters. The van der Waals surface area contributed by atoms with Crippen LogP contribution in [0.15, 0.2) is 78.9 Å². The first-order valence-corrected chi connectivity index (χ1v) is 9.45. The molecule has 1 aliphatic heterocycles. The maximum absolute atomic E-state index is 12.6. The normalized spacial score (nSPS) is 13.1. The fourth-order valence-electron chi connectivity index (χ4n) is 3.31. The molecule has 0 saturated heterocycles. The van der Waals surface area contributed by atoms with Crippen molar-refractivity contribution in [2.24, 2.45) is 0 Å². The van der Waals surface area contributed by atoms with Gasteiger partial charge >= 0.3 is 5.97 Å². The molecule has 4 rings (SSSR count). The fourth-order valence-corrected chi connectivity index (χ4v) is 3.31. The molecule has 1 aliphatic rings. The highest BCUT2D eigenvalue weighted by atomic mass is 16.7. The van der Waals surface area contributed by atoms with Gasteiger partial charge in [-0.05, 0) is 41.7 Å². The highest BCUT2D eigenvalue weighted by Gasteiger charge is 2.21. The molecule has 142 valence electrons. The van der Waals surface area contributed by atoms with Crippen LogP contribution in [0.25, 0.3) is 0 Å². The molecule has 0 amide bonds. The second kappa shape index (κ2) is 8.61. The Morgan fingerprint density at radius 2 is 1.54 bits per heavy atom. The third-order valence-electron chi connectivity index (χ3n) is 4.77. The zero-order valence-corrected chi connectivity index (χ0v) is 15.5. The van der Waals surface area contributed by atoms with Gasteiger partial charge in [-0.1, -0.05) is 66.7 Å². The zero-order chi connectivity index (χ0) is 19.2. The van der Waals surface area contributed by atoms with E-state index in [4.69, 9.17) is 14.2 Å². The summed E-state index contributed by atoms with van der Waals surface area (Å²) in [6.07, 6.45) is 1.43. The zero-order valence-electron chi connectivity index (χ0n) is 15.5. The average molecular weight is 374 g/mol. The summed E-state index contributed by atoms with van der Waals surface area (Å²) >= 11 is 0. The number of benzene rings is 3. The second-order valence-corrected chi connectivity index (χ2v) is 6.78. The number of aryl methyl sites for hydroxylation is 1. The van der Waals surface area contributed by atoms with Crippen LogP contribution in [-0.2, 0) is 22.4 Å². The maximum atomic E-state index is 12.6. The first-order valence-electron chi connectivity index (χ1n) is 9.45. The minimum atomic E-state index is -0.342. The molecule has 0 radical (unpaired) electrons. The Labute approximate surface area is 164 Å². The van der Waals surface area contributed by atoms with Crippen molar-refractivity contribution in [3.8, 4) is 11.5 Å². The summed E-state index contributed by atoms with van der Waals surface area (Å²) in [5.41, 5.74) is 3.08. The van der Waals surface area contributed by atoms with Crippen LogP contribution in [-0.4, -0.2) is 12.8 Å². The van der Waals surface area contributed by atoms with Crippen LogP contribution in [0.1, 0.15) is 29.2 Å². The maximum Gasteiger partial charge on any atom is 0.310 e. The van der Waals surface area contributed by atoms with Gasteiger partial charge in [0.05, 0.1) is 6.42 Å². The summed E-state index contributed by atoms with van der Waals surface area (Å²) in [6, 6.07) is 25.6. The molecule has 1 atom stereocenters. The molecular weight excluding hydrogens is 352 g/mol. The predicted molar refractivity (Wildman–Crippen MR) is 106 cm³/mol. The number of fused-ring (bicyclic) bond motifs is 1. The van der Waals surface area contributed by atoms with E-state index >= 15 is 0 Å². The molecular formula is C24H22O4. The summed E-state index contributed by atoms with van der Waals surface area (Å²) in [5.74, 6) is 1.18. The van der Waals surface area contributed by atoms with Crippen molar-refractivity contribution in [1.29, 1.82) is 0 Å². The third-order valence-corrected chi connectivity index (χ3v) is 4.77. The molecule has 0 spiro atoms. The van der Waals surface area contributed by atoms with Crippen LogP contribution in [0.2, 0.25) is 0 Å². The van der Waals surface area contributed by atoms with Crippen molar-refractivity contribution in [3.63, 3.8) is 0 Å². The Balaban J connectivity index is 1.49. The van der Waals surface area contributed by atoms with E-state index in [2.05, 4.69) is 12.1 Å². The van der Waals surface area contributed by atoms with Crippen LogP contribution < -0.4 is 9.47 Å². The number of carbonyl (C=O) groups is 1. The van der Waals surface area contributed by atoms with E-state index < -0.39 is 0 Å². The summed E-state index contributed by atoms with van der Waals surface area (Å²) in [4.78, 5) is 12.6. The first-order chi connectivity index (χ1) is 13.8. The predicted octanol–water partition coefficient (Wildman–Crippen LogP) is 4.88. The van der Waals surface area contributed by atoms with Crippen molar-refractivity contribution in [2.75, 3.05) is 6.79 Å². The molecule has 4 heteroatoms. The Morgan fingerprint density at radius 3 is 2.29 bits per heavy atom. The molecule has 3 aromatic rings. The molecule has 0 saturated carbocycles. The fraction of sp³-hybridized carbons (Fsp3) is 0.208. The molecule has 3 aromatic carbocycles. The van der Waals surface area contributed by atoms with E-state index in [1.807, 2.05) is 66.7 Å². The van der Waals surface area contributed by atoms with Crippen molar-refractivity contribution in [3.05, 3.63) is 95.6 Å². The van der Waals surface area contributed by atoms with Gasteiger partial charge in [-0.3, -0.25) is 4.79 Å². The van der Waals surface area contributed by atoms with Gasteiger partial charge in [-0.2, -0.15) is 0 Å². The van der Waals surface area contributed by atoms with Crippen molar-refractivity contribution < 1.29 is 19.0 Å². The quantitative estimate of drug-likeness (QED) is 0.553. The standard InChI is InChI=1S/C24H22O4/c25-24(15-19-9-5-2-6-10-19)28-21(13-11-18-7-3-1-4-8-18)20-12-14-22-23(16-20)27-17-26-22/h1-10,12,14,16,21H,11,13,15,17H2. The van der Waals surface area contributed by atoms with Gasteiger partial charge in [0.1, 0.15) is 6.10 Å². The number of carbonyl (C=O) groups excluding carboxylic acids is 1. The molecule has 0 aromatic heterocycles. The van der Waals surface area contributed by atoms with Crippen LogP contribution >= 0.6 is 0 Å². The number of esters is 1. The highest BCUT2D eigenvalue weighted by Crippen LogP contribution is 2.36. The topological polar surface area (TPSA) is 44.8 Å². The molecule has 0 aliphatic carbocycles. The molecule has 28 heavy (non-hydrogen) atoms. The van der Waals surface area contributed by atoms with Gasteiger partial charge in [0.15, 0.2) is 11.5 Å². The lowest BCUT2D eigenvalue weighted by atomic mass is 10.0. The number of hydrogen-bond acceptors (Lipinski definition) is 4. The van der Waals surface area contributed by atoms with E-state index in [0.29, 0.717) is 12.2 Å². The minimum absolute atomic E-state index is 0.223. The molecule has 4 nitrogen and oxygen atoms in total. The SMILES string of the molecule is O=C(Cc1ccccc1)OC(CCc1ccccc1)c1ccc2c(c1)OCO2. The van der Waals surface area contributed by atoms with Crippen LogP contribution in [0, 0.1) is 0 Å². The van der Waals surface area contributed by atoms with Gasteiger partial charge < -0.3 is 14.2 Å². The van der Waals surface area contributed by atoms with Crippen molar-refractivity contribution >= 4 is 5.97 Å². The smallest absolute Gasteiger partial charge is 0.310 e. The monoisotopic (exact) mass is 374 g/mol. The summed E-state index contributed by atoms with van der Waals surface area (Å²) in [7, 11) is 0. The number of ether oxygens (including phenoxy) is 3. The van der Waals surface area contributed by atoms with Crippen molar-refractivity contribution in [1.82, 2.24) is 0 Å². The summed E-state index contributed by atoms with van der Waals surface area (Å²) < 4.78 is 16.8. The summed E-state index contributed by atoms with van der Waals surface area (Å²) in [5, 5.41) is 0. The van der Waals surface area contributed by atoms with Crippen LogP contribution in [0.4, 0.5) is 0 Å². The lowest BCUT2D eigenvalue weighted by molar-refractivity contribution is -0.149. The Morgan fingerprint density at radius 1 is 0.857 bits per heavy atom. The number of hydrogen-bond donors (Lipinski definition) is 0. The van der Waals surface area contributed by atoms with Gasteiger partial charge in [0, 0.05) is 0 Å². The molecule has 1 heterocycles. The lowest BCUT2D eigenvalue weighted by Gasteiger charge is -2.19. The Kier molecular flexibility index (Phi) is 5.57. The van der Waals surface area contributed by atoms with E-state index in [1.54, 1.807) is 0 Å². The lowest BCUT2D eigenvalue weighted by Crippen LogP contribution is -2.14. The van der Waals surface area contributed by atoms with Crippen LogP contribution in [0.5, 0.6) is 11.5 Å². The van der Waals surface area contributed by atoms with Gasteiger partial charge in [-0.25, -0.2) is 0 Å². The van der Waals surface area contributed by atoms with E-state index in [0.717, 1.165) is 23.3 Å². The first kappa shape index (κ1) is 18.1. The van der Waals surface area contributed by atoms with Crippen molar-refractivity contribution in [2.45, 2.75) is 25.4 Å². The third kappa shape index (κ3) is 4.52. The van der Waals surface area contributed by atoms with Gasteiger partial charge in [-0.15, -0.1) is 0 Å².